The van der Waals surface area contributed by atoms with Crippen LogP contribution in [0.5, 0.6) is 0 Å². The quantitative estimate of drug-likeness (QED) is 0.692. The minimum atomic E-state index is -0.786. The van der Waals surface area contributed by atoms with Crippen LogP contribution in [-0.4, -0.2) is 17.9 Å². The van der Waals surface area contributed by atoms with E-state index < -0.39 is 11.9 Å². The Bertz CT molecular complexity index is 879. The highest BCUT2D eigenvalue weighted by Crippen LogP contribution is 2.21. The molecule has 0 aliphatic carbocycles. The minimum absolute atomic E-state index is 0.147. The van der Waals surface area contributed by atoms with E-state index >= 15 is 0 Å². The van der Waals surface area contributed by atoms with E-state index in [4.69, 9.17) is 16.0 Å². The normalized spacial score (nSPS) is 11.6. The van der Waals surface area contributed by atoms with Crippen molar-refractivity contribution in [2.75, 3.05) is 5.32 Å². The highest BCUT2D eigenvalue weighted by atomic mass is 35.5. The minimum Gasteiger partial charge on any atom is -0.459 e. The third kappa shape index (κ3) is 4.52. The predicted octanol–water partition coefficient (Wildman–Crippen LogP) is 3.91. The monoisotopic (exact) mass is 368 g/mol. The second-order valence-electron chi connectivity index (χ2n) is 5.66. The molecule has 1 atom stereocenters. The number of para-hydroxylation sites is 1. The second-order valence-corrected chi connectivity index (χ2v) is 6.07. The molecule has 1 heterocycles. The lowest BCUT2D eigenvalue weighted by Gasteiger charge is -2.18. The molecular formula is C20H17ClN2O3. The molecule has 3 aromatic rings. The lowest BCUT2D eigenvalue weighted by atomic mass is 10.0. The Hall–Kier alpha value is -3.05. The van der Waals surface area contributed by atoms with Gasteiger partial charge in [0.2, 0.25) is 5.91 Å². The fraction of sp³-hybridized carbons (Fsp3) is 0.100. The van der Waals surface area contributed by atoms with Gasteiger partial charge in [0, 0.05) is 6.42 Å². The molecule has 0 aliphatic rings. The summed E-state index contributed by atoms with van der Waals surface area (Å²) in [6, 6.07) is 18.8. The Morgan fingerprint density at radius 1 is 0.962 bits per heavy atom. The van der Waals surface area contributed by atoms with Crippen molar-refractivity contribution < 1.29 is 14.0 Å². The van der Waals surface area contributed by atoms with Crippen LogP contribution in [0.25, 0.3) is 0 Å². The maximum atomic E-state index is 12.8. The lowest BCUT2D eigenvalue weighted by molar-refractivity contribution is -0.118. The van der Waals surface area contributed by atoms with Gasteiger partial charge in [0.25, 0.3) is 5.91 Å². The first-order valence-corrected chi connectivity index (χ1v) is 8.45. The van der Waals surface area contributed by atoms with E-state index in [1.807, 2.05) is 30.3 Å². The summed E-state index contributed by atoms with van der Waals surface area (Å²) in [5.41, 5.74) is 1.41. The number of halogens is 1. The van der Waals surface area contributed by atoms with Gasteiger partial charge >= 0.3 is 0 Å². The molecule has 2 N–H and O–H groups in total. The highest BCUT2D eigenvalue weighted by Gasteiger charge is 2.23. The molecule has 6 heteroatoms. The molecule has 0 saturated heterocycles. The van der Waals surface area contributed by atoms with Crippen LogP contribution in [0.3, 0.4) is 0 Å². The number of carbonyl (C=O) groups is 2. The van der Waals surface area contributed by atoms with Crippen molar-refractivity contribution in [2.45, 2.75) is 12.5 Å². The first-order valence-electron chi connectivity index (χ1n) is 8.07. The van der Waals surface area contributed by atoms with Crippen LogP contribution >= 0.6 is 11.6 Å². The zero-order chi connectivity index (χ0) is 18.4. The standard InChI is InChI=1S/C20H17ClN2O3/c21-15-9-4-5-10-16(15)22-19(24)17(13-14-7-2-1-3-8-14)23-20(25)18-11-6-12-26-18/h1-12,17H,13H2,(H,22,24)(H,23,25)/t17-/m1/s1. The molecule has 0 aliphatic heterocycles. The van der Waals surface area contributed by atoms with E-state index in [2.05, 4.69) is 10.6 Å². The third-order valence-corrected chi connectivity index (χ3v) is 4.11. The SMILES string of the molecule is O=C(N[C@H](Cc1ccccc1)C(=O)Nc1ccccc1Cl)c1ccco1. The third-order valence-electron chi connectivity index (χ3n) is 3.78. The summed E-state index contributed by atoms with van der Waals surface area (Å²) in [5.74, 6) is -0.666. The topological polar surface area (TPSA) is 71.3 Å². The maximum Gasteiger partial charge on any atom is 0.287 e. The van der Waals surface area contributed by atoms with Gasteiger partial charge in [-0.05, 0) is 29.8 Å². The fourth-order valence-corrected chi connectivity index (χ4v) is 2.66. The first kappa shape index (κ1) is 17.8. The summed E-state index contributed by atoms with van der Waals surface area (Å²) in [5, 5.41) is 5.91. The maximum absolute atomic E-state index is 12.8. The lowest BCUT2D eigenvalue weighted by Crippen LogP contribution is -2.45. The summed E-state index contributed by atoms with van der Waals surface area (Å²) >= 11 is 6.10. The number of rotatable bonds is 6. The number of anilines is 1. The van der Waals surface area contributed by atoms with Gasteiger partial charge in [-0.2, -0.15) is 0 Å². The van der Waals surface area contributed by atoms with Crippen molar-refractivity contribution in [1.29, 1.82) is 0 Å². The van der Waals surface area contributed by atoms with E-state index in [0.29, 0.717) is 17.1 Å². The summed E-state index contributed by atoms with van der Waals surface area (Å²) in [6.07, 6.45) is 1.74. The van der Waals surface area contributed by atoms with Crippen LogP contribution in [-0.2, 0) is 11.2 Å². The van der Waals surface area contributed by atoms with E-state index in [1.54, 1.807) is 36.4 Å². The van der Waals surface area contributed by atoms with Gasteiger partial charge < -0.3 is 15.1 Å². The largest absolute Gasteiger partial charge is 0.459 e. The number of furan rings is 1. The summed E-state index contributed by atoms with van der Waals surface area (Å²) in [6.45, 7) is 0. The molecule has 0 unspecified atom stereocenters. The van der Waals surface area contributed by atoms with Gasteiger partial charge in [0.05, 0.1) is 17.0 Å². The number of amides is 2. The molecule has 26 heavy (non-hydrogen) atoms. The zero-order valence-electron chi connectivity index (χ0n) is 13.8. The van der Waals surface area contributed by atoms with Crippen molar-refractivity contribution in [3.8, 4) is 0 Å². The van der Waals surface area contributed by atoms with Crippen LogP contribution in [0, 0.1) is 0 Å². The van der Waals surface area contributed by atoms with Crippen molar-refractivity contribution in [2.24, 2.45) is 0 Å². The molecule has 2 aromatic carbocycles. The van der Waals surface area contributed by atoms with Crippen LogP contribution in [0.15, 0.2) is 77.4 Å². The number of hydrogen-bond acceptors (Lipinski definition) is 3. The molecule has 0 bridgehead atoms. The molecule has 0 spiro atoms. The molecule has 0 radical (unpaired) electrons. The van der Waals surface area contributed by atoms with E-state index in [0.717, 1.165) is 5.56 Å². The number of carbonyl (C=O) groups excluding carboxylic acids is 2. The van der Waals surface area contributed by atoms with E-state index in [-0.39, 0.29) is 11.7 Å². The predicted molar refractivity (Wildman–Crippen MR) is 100 cm³/mol. The molecule has 3 rings (SSSR count). The zero-order valence-corrected chi connectivity index (χ0v) is 14.6. The van der Waals surface area contributed by atoms with Gasteiger partial charge in [-0.15, -0.1) is 0 Å². The van der Waals surface area contributed by atoms with Crippen molar-refractivity contribution >= 4 is 29.1 Å². The Morgan fingerprint density at radius 3 is 2.38 bits per heavy atom. The molecule has 5 nitrogen and oxygen atoms in total. The van der Waals surface area contributed by atoms with Gasteiger partial charge in [0.15, 0.2) is 5.76 Å². The molecule has 1 aromatic heterocycles. The summed E-state index contributed by atoms with van der Waals surface area (Å²) < 4.78 is 5.10. The first-order chi connectivity index (χ1) is 12.6. The number of nitrogens with one attached hydrogen (secondary N) is 2. The average Bonchev–Trinajstić information content (AvgIpc) is 3.19. The average molecular weight is 369 g/mol. The molecule has 2 amide bonds. The molecule has 132 valence electrons. The van der Waals surface area contributed by atoms with E-state index in [9.17, 15) is 9.59 Å². The molecule has 0 saturated carbocycles. The summed E-state index contributed by atoms with van der Waals surface area (Å²) in [7, 11) is 0. The van der Waals surface area contributed by atoms with Crippen molar-refractivity contribution in [3.63, 3.8) is 0 Å². The van der Waals surface area contributed by atoms with Crippen LogP contribution in [0.1, 0.15) is 16.1 Å². The Balaban J connectivity index is 1.78. The van der Waals surface area contributed by atoms with Crippen LogP contribution in [0.4, 0.5) is 5.69 Å². The van der Waals surface area contributed by atoms with Crippen LogP contribution < -0.4 is 10.6 Å². The van der Waals surface area contributed by atoms with Crippen molar-refractivity contribution in [1.82, 2.24) is 5.32 Å². The van der Waals surface area contributed by atoms with Gasteiger partial charge in [0.1, 0.15) is 6.04 Å². The molecule has 0 fully saturated rings. The van der Waals surface area contributed by atoms with Gasteiger partial charge in [-0.1, -0.05) is 54.1 Å². The second kappa shape index (κ2) is 8.36. The van der Waals surface area contributed by atoms with Crippen LogP contribution in [0.2, 0.25) is 5.02 Å². The van der Waals surface area contributed by atoms with E-state index in [1.165, 1.54) is 6.26 Å². The smallest absolute Gasteiger partial charge is 0.287 e. The Morgan fingerprint density at radius 2 is 1.69 bits per heavy atom. The summed E-state index contributed by atoms with van der Waals surface area (Å²) in [4.78, 5) is 25.1. The fourth-order valence-electron chi connectivity index (χ4n) is 2.48. The molecular weight excluding hydrogens is 352 g/mol. The number of hydrogen-bond donors (Lipinski definition) is 2. The Kier molecular flexibility index (Phi) is 5.71. The highest BCUT2D eigenvalue weighted by molar-refractivity contribution is 6.33. The van der Waals surface area contributed by atoms with Crippen molar-refractivity contribution in [3.05, 3.63) is 89.3 Å². The number of benzene rings is 2. The Labute approximate surface area is 156 Å². The van der Waals surface area contributed by atoms with Gasteiger partial charge in [-0.25, -0.2) is 0 Å². The van der Waals surface area contributed by atoms with Gasteiger partial charge in [-0.3, -0.25) is 9.59 Å².